The molecule has 116 valence electrons. The Labute approximate surface area is 134 Å². The summed E-state index contributed by atoms with van der Waals surface area (Å²) in [5.41, 5.74) is 2.60. The maximum Gasteiger partial charge on any atom is 0.251 e. The standard InChI is InChI=1S/C18H17N3O2/c1-2-3-4-8-11-14-17(22)16(21-20-14)18-19-15(12-23-18)13-9-6-5-7-10-13/h2-10,12,22H,11H2,1H3,(H,20,21)/b3-2-,8-4-. The van der Waals surface area contributed by atoms with Crippen molar-refractivity contribution in [3.8, 4) is 28.6 Å². The highest BCUT2D eigenvalue weighted by Gasteiger charge is 2.18. The minimum Gasteiger partial charge on any atom is -0.504 e. The Balaban J connectivity index is 1.83. The predicted octanol–water partition coefficient (Wildman–Crippen LogP) is 4.11. The van der Waals surface area contributed by atoms with E-state index in [1.807, 2.05) is 61.6 Å². The van der Waals surface area contributed by atoms with Gasteiger partial charge in [0.2, 0.25) is 0 Å². The number of oxazole rings is 1. The molecule has 3 aromatic rings. The molecule has 5 heteroatoms. The number of aromatic hydroxyl groups is 1. The van der Waals surface area contributed by atoms with Crippen LogP contribution in [0.2, 0.25) is 0 Å². The smallest absolute Gasteiger partial charge is 0.251 e. The summed E-state index contributed by atoms with van der Waals surface area (Å²) in [7, 11) is 0. The second-order valence-electron chi connectivity index (χ2n) is 4.96. The van der Waals surface area contributed by atoms with Crippen LogP contribution in [0.1, 0.15) is 12.6 Å². The number of allylic oxidation sites excluding steroid dienone is 4. The van der Waals surface area contributed by atoms with Crippen LogP contribution in [0.15, 0.2) is 65.3 Å². The van der Waals surface area contributed by atoms with Gasteiger partial charge < -0.3 is 9.52 Å². The number of rotatable bonds is 5. The molecule has 0 fully saturated rings. The van der Waals surface area contributed by atoms with Crippen LogP contribution in [0.4, 0.5) is 0 Å². The van der Waals surface area contributed by atoms with Gasteiger partial charge in [-0.1, -0.05) is 54.6 Å². The van der Waals surface area contributed by atoms with Gasteiger partial charge in [-0.3, -0.25) is 5.10 Å². The van der Waals surface area contributed by atoms with Gasteiger partial charge in [0.05, 0.1) is 5.69 Å². The quantitative estimate of drug-likeness (QED) is 0.695. The molecule has 0 bridgehead atoms. The van der Waals surface area contributed by atoms with Gasteiger partial charge in [0.15, 0.2) is 11.4 Å². The monoisotopic (exact) mass is 307 g/mol. The molecular weight excluding hydrogens is 290 g/mol. The molecule has 0 radical (unpaired) electrons. The third-order valence-corrected chi connectivity index (χ3v) is 3.35. The molecule has 0 amide bonds. The largest absolute Gasteiger partial charge is 0.504 e. The van der Waals surface area contributed by atoms with Crippen molar-refractivity contribution < 1.29 is 9.52 Å². The molecule has 0 atom stereocenters. The lowest BCUT2D eigenvalue weighted by molar-refractivity contribution is 0.467. The summed E-state index contributed by atoms with van der Waals surface area (Å²) >= 11 is 0. The van der Waals surface area contributed by atoms with Gasteiger partial charge in [-0.25, -0.2) is 4.98 Å². The van der Waals surface area contributed by atoms with Crippen molar-refractivity contribution >= 4 is 0 Å². The molecule has 0 saturated carbocycles. The zero-order valence-corrected chi connectivity index (χ0v) is 12.7. The van der Waals surface area contributed by atoms with Crippen molar-refractivity contribution in [3.63, 3.8) is 0 Å². The number of H-pyrrole nitrogens is 1. The van der Waals surface area contributed by atoms with E-state index in [1.165, 1.54) is 0 Å². The Kier molecular flexibility index (Phi) is 4.38. The Morgan fingerprint density at radius 1 is 1.22 bits per heavy atom. The van der Waals surface area contributed by atoms with Crippen LogP contribution in [0.3, 0.4) is 0 Å². The molecule has 2 N–H and O–H groups in total. The van der Waals surface area contributed by atoms with E-state index in [0.29, 0.717) is 29.4 Å². The van der Waals surface area contributed by atoms with Crippen LogP contribution >= 0.6 is 0 Å². The fourth-order valence-corrected chi connectivity index (χ4v) is 2.16. The summed E-state index contributed by atoms with van der Waals surface area (Å²) < 4.78 is 5.46. The third-order valence-electron chi connectivity index (χ3n) is 3.35. The fourth-order valence-electron chi connectivity index (χ4n) is 2.16. The molecule has 0 aliphatic carbocycles. The van der Waals surface area contributed by atoms with E-state index in [2.05, 4.69) is 15.2 Å². The zero-order valence-electron chi connectivity index (χ0n) is 12.7. The minimum atomic E-state index is 0.0663. The van der Waals surface area contributed by atoms with E-state index in [4.69, 9.17) is 4.42 Å². The van der Waals surface area contributed by atoms with Crippen LogP contribution in [0.25, 0.3) is 22.8 Å². The van der Waals surface area contributed by atoms with Gasteiger partial charge in [0, 0.05) is 12.0 Å². The highest BCUT2D eigenvalue weighted by atomic mass is 16.3. The summed E-state index contributed by atoms with van der Waals surface area (Å²) in [6.45, 7) is 1.95. The summed E-state index contributed by atoms with van der Waals surface area (Å²) in [6, 6.07) is 9.71. The van der Waals surface area contributed by atoms with Crippen molar-refractivity contribution in [2.45, 2.75) is 13.3 Å². The van der Waals surface area contributed by atoms with Crippen molar-refractivity contribution in [3.05, 3.63) is 66.6 Å². The summed E-state index contributed by atoms with van der Waals surface area (Å²) in [5, 5.41) is 17.2. The second-order valence-corrected chi connectivity index (χ2v) is 4.96. The van der Waals surface area contributed by atoms with Gasteiger partial charge >= 0.3 is 0 Å². The van der Waals surface area contributed by atoms with Gasteiger partial charge in [-0.15, -0.1) is 0 Å². The number of aromatic nitrogens is 3. The molecule has 2 aromatic heterocycles. The number of hydrogen-bond donors (Lipinski definition) is 2. The Morgan fingerprint density at radius 2 is 2.04 bits per heavy atom. The van der Waals surface area contributed by atoms with Crippen molar-refractivity contribution in [2.75, 3.05) is 0 Å². The van der Waals surface area contributed by atoms with Crippen LogP contribution < -0.4 is 0 Å². The van der Waals surface area contributed by atoms with Crippen LogP contribution in [-0.2, 0) is 6.42 Å². The number of nitrogens with one attached hydrogen (secondary N) is 1. The lowest BCUT2D eigenvalue weighted by Gasteiger charge is -1.94. The predicted molar refractivity (Wildman–Crippen MR) is 88.8 cm³/mol. The topological polar surface area (TPSA) is 74.9 Å². The Morgan fingerprint density at radius 3 is 2.83 bits per heavy atom. The lowest BCUT2D eigenvalue weighted by Crippen LogP contribution is -1.81. The number of benzene rings is 1. The van der Waals surface area contributed by atoms with Crippen molar-refractivity contribution in [2.24, 2.45) is 0 Å². The molecule has 23 heavy (non-hydrogen) atoms. The Bertz CT molecular complexity index is 829. The van der Waals surface area contributed by atoms with Crippen molar-refractivity contribution in [1.82, 2.24) is 15.2 Å². The van der Waals surface area contributed by atoms with Crippen LogP contribution in [0, 0.1) is 0 Å². The molecule has 0 spiro atoms. The molecule has 5 nitrogen and oxygen atoms in total. The molecule has 2 heterocycles. The van der Waals surface area contributed by atoms with E-state index in [-0.39, 0.29) is 5.75 Å². The van der Waals surface area contributed by atoms with Gasteiger partial charge in [-0.2, -0.15) is 5.10 Å². The number of hydrogen-bond acceptors (Lipinski definition) is 4. The highest BCUT2D eigenvalue weighted by molar-refractivity contribution is 5.64. The molecule has 3 rings (SSSR count). The second kappa shape index (κ2) is 6.79. The van der Waals surface area contributed by atoms with Crippen molar-refractivity contribution in [1.29, 1.82) is 0 Å². The molecular formula is C18H17N3O2. The van der Waals surface area contributed by atoms with E-state index in [9.17, 15) is 5.11 Å². The first-order chi connectivity index (χ1) is 11.3. The molecule has 1 aromatic carbocycles. The van der Waals surface area contributed by atoms with E-state index < -0.39 is 0 Å². The number of nitrogens with zero attached hydrogens (tertiary/aromatic N) is 2. The summed E-state index contributed by atoms with van der Waals surface area (Å²) in [5.74, 6) is 0.359. The molecule has 0 aliphatic rings. The first-order valence-corrected chi connectivity index (χ1v) is 7.35. The normalized spacial score (nSPS) is 11.7. The van der Waals surface area contributed by atoms with E-state index in [0.717, 1.165) is 5.56 Å². The number of aromatic amines is 1. The van der Waals surface area contributed by atoms with Gasteiger partial charge in [0.25, 0.3) is 5.89 Å². The van der Waals surface area contributed by atoms with Gasteiger partial charge in [0.1, 0.15) is 12.0 Å². The van der Waals surface area contributed by atoms with Gasteiger partial charge in [-0.05, 0) is 6.92 Å². The lowest BCUT2D eigenvalue weighted by atomic mass is 10.2. The fraction of sp³-hybridized carbons (Fsp3) is 0.111. The minimum absolute atomic E-state index is 0.0663. The third kappa shape index (κ3) is 3.23. The maximum absolute atomic E-state index is 10.3. The first kappa shape index (κ1) is 14.8. The van der Waals surface area contributed by atoms with Crippen LogP contribution in [0.5, 0.6) is 5.75 Å². The summed E-state index contributed by atoms with van der Waals surface area (Å²) in [4.78, 5) is 4.40. The van der Waals surface area contributed by atoms with E-state index >= 15 is 0 Å². The molecule has 0 saturated heterocycles. The highest BCUT2D eigenvalue weighted by Crippen LogP contribution is 2.31. The average molecular weight is 307 g/mol. The zero-order chi connectivity index (χ0) is 16.1. The molecule has 0 aliphatic heterocycles. The average Bonchev–Trinajstić information content (AvgIpc) is 3.20. The summed E-state index contributed by atoms with van der Waals surface area (Å²) in [6.07, 6.45) is 9.82. The maximum atomic E-state index is 10.3. The van der Waals surface area contributed by atoms with E-state index in [1.54, 1.807) is 6.26 Å². The molecule has 0 unspecified atom stereocenters. The van der Waals surface area contributed by atoms with Crippen LogP contribution in [-0.4, -0.2) is 20.3 Å². The SMILES string of the molecule is C/C=C\C=C/Cc1[nH]nc(-c2nc(-c3ccccc3)co2)c1O. The first-order valence-electron chi connectivity index (χ1n) is 7.35. The Hall–Kier alpha value is -3.08.